The Kier molecular flexibility index (Phi) is 4.67. The second kappa shape index (κ2) is 6.03. The Balaban J connectivity index is 1.71. The maximum Gasteiger partial charge on any atom is 0.107 e. The van der Waals surface area contributed by atoms with Gasteiger partial charge in [-0.15, -0.1) is 11.3 Å². The molecule has 2 nitrogen and oxygen atoms in total. The maximum atomic E-state index is 4.48. The molecule has 4 heteroatoms. The van der Waals surface area contributed by atoms with Crippen LogP contribution in [0, 0.1) is 6.92 Å². The third kappa shape index (κ3) is 3.47. The van der Waals surface area contributed by atoms with Crippen molar-refractivity contribution in [3.63, 3.8) is 0 Å². The average Bonchev–Trinajstić information content (AvgIpc) is 2.73. The summed E-state index contributed by atoms with van der Waals surface area (Å²) < 4.78 is 0. The van der Waals surface area contributed by atoms with Gasteiger partial charge < -0.3 is 5.32 Å². The molecule has 0 bridgehead atoms. The Morgan fingerprint density at radius 3 is 2.75 bits per heavy atom. The number of hydrogen-bond donors (Lipinski definition) is 1. The van der Waals surface area contributed by atoms with Gasteiger partial charge in [-0.1, -0.05) is 0 Å². The summed E-state index contributed by atoms with van der Waals surface area (Å²) in [7, 11) is 0. The lowest BCUT2D eigenvalue weighted by Gasteiger charge is -2.27. The van der Waals surface area contributed by atoms with Gasteiger partial charge in [0.1, 0.15) is 5.01 Å². The average molecular weight is 256 g/mol. The van der Waals surface area contributed by atoms with E-state index < -0.39 is 0 Å². The van der Waals surface area contributed by atoms with Crippen LogP contribution in [0.4, 0.5) is 0 Å². The van der Waals surface area contributed by atoms with Crippen molar-refractivity contribution < 1.29 is 0 Å². The smallest absolute Gasteiger partial charge is 0.107 e. The van der Waals surface area contributed by atoms with Gasteiger partial charge in [0.2, 0.25) is 0 Å². The van der Waals surface area contributed by atoms with Gasteiger partial charge in [0.05, 0.1) is 0 Å². The monoisotopic (exact) mass is 256 g/mol. The van der Waals surface area contributed by atoms with Crippen LogP contribution in [-0.4, -0.2) is 22.5 Å². The van der Waals surface area contributed by atoms with Crippen LogP contribution in [0.5, 0.6) is 0 Å². The molecule has 0 amide bonds. The normalized spacial score (nSPS) is 25.9. The molecule has 1 N–H and O–H groups in total. The molecule has 0 radical (unpaired) electrons. The zero-order chi connectivity index (χ0) is 11.4. The first-order valence-electron chi connectivity index (χ1n) is 5.95. The summed E-state index contributed by atoms with van der Waals surface area (Å²) in [4.78, 5) is 4.48. The maximum absolute atomic E-state index is 4.48. The fourth-order valence-corrected chi connectivity index (χ4v) is 3.68. The van der Waals surface area contributed by atoms with Gasteiger partial charge >= 0.3 is 0 Å². The van der Waals surface area contributed by atoms with Gasteiger partial charge in [0.25, 0.3) is 0 Å². The minimum absolute atomic E-state index is 0.715. The Morgan fingerprint density at radius 1 is 1.44 bits per heavy atom. The Bertz CT molecular complexity index is 317. The molecular formula is C12H20N2S2. The second-order valence-corrected chi connectivity index (χ2v) is 6.55. The first kappa shape index (κ1) is 12.4. The quantitative estimate of drug-likeness (QED) is 0.895. The summed E-state index contributed by atoms with van der Waals surface area (Å²) in [5.74, 6) is 0. The van der Waals surface area contributed by atoms with Gasteiger partial charge in [0.15, 0.2) is 0 Å². The molecular weight excluding hydrogens is 236 g/mol. The summed E-state index contributed by atoms with van der Waals surface area (Å²) in [6.07, 6.45) is 7.63. The molecule has 0 atom stereocenters. The van der Waals surface area contributed by atoms with Crippen molar-refractivity contribution in [1.29, 1.82) is 0 Å². The molecule has 0 saturated heterocycles. The zero-order valence-corrected chi connectivity index (χ0v) is 11.7. The van der Waals surface area contributed by atoms with Crippen LogP contribution >= 0.6 is 23.1 Å². The lowest BCUT2D eigenvalue weighted by molar-refractivity contribution is 0.378. The van der Waals surface area contributed by atoms with Crippen LogP contribution in [0.25, 0.3) is 0 Å². The molecule has 0 spiro atoms. The van der Waals surface area contributed by atoms with Crippen molar-refractivity contribution in [2.75, 3.05) is 6.26 Å². The number of rotatable bonds is 4. The molecule has 16 heavy (non-hydrogen) atoms. The predicted molar refractivity (Wildman–Crippen MR) is 73.2 cm³/mol. The summed E-state index contributed by atoms with van der Waals surface area (Å²) in [6.45, 7) is 3.01. The molecule has 90 valence electrons. The fourth-order valence-electron chi connectivity index (χ4n) is 2.22. The highest BCUT2D eigenvalue weighted by molar-refractivity contribution is 7.99. The highest BCUT2D eigenvalue weighted by atomic mass is 32.2. The van der Waals surface area contributed by atoms with Crippen molar-refractivity contribution in [3.05, 3.63) is 16.1 Å². The van der Waals surface area contributed by atoms with E-state index in [4.69, 9.17) is 0 Å². The Hall–Kier alpha value is -0.0600. The molecule has 1 aromatic heterocycles. The van der Waals surface area contributed by atoms with E-state index in [1.165, 1.54) is 30.7 Å². The van der Waals surface area contributed by atoms with Crippen molar-refractivity contribution >= 4 is 23.1 Å². The highest BCUT2D eigenvalue weighted by Gasteiger charge is 2.19. The largest absolute Gasteiger partial charge is 0.308 e. The zero-order valence-electron chi connectivity index (χ0n) is 10.0. The van der Waals surface area contributed by atoms with E-state index in [1.54, 1.807) is 11.3 Å². The van der Waals surface area contributed by atoms with E-state index in [0.29, 0.717) is 6.04 Å². The van der Waals surface area contributed by atoms with Crippen LogP contribution in [0.2, 0.25) is 0 Å². The van der Waals surface area contributed by atoms with Gasteiger partial charge in [-0.25, -0.2) is 4.98 Å². The van der Waals surface area contributed by atoms with E-state index in [0.717, 1.165) is 17.5 Å². The third-order valence-corrected chi connectivity index (χ3v) is 5.32. The minimum Gasteiger partial charge on any atom is -0.308 e. The first-order chi connectivity index (χ1) is 7.78. The summed E-state index contributed by atoms with van der Waals surface area (Å²) >= 11 is 3.79. The SMILES string of the molecule is CSC1CCC(NCc2nc(C)cs2)CC1. The van der Waals surface area contributed by atoms with Crippen molar-refractivity contribution in [2.24, 2.45) is 0 Å². The summed E-state index contributed by atoms with van der Waals surface area (Å²) in [5, 5.41) is 7.89. The molecule has 1 aliphatic rings. The minimum atomic E-state index is 0.715. The van der Waals surface area contributed by atoms with Gasteiger partial charge in [-0.2, -0.15) is 11.8 Å². The fraction of sp³-hybridized carbons (Fsp3) is 0.750. The van der Waals surface area contributed by atoms with E-state index in [2.05, 4.69) is 28.9 Å². The van der Waals surface area contributed by atoms with Crippen LogP contribution in [0.15, 0.2) is 5.38 Å². The molecule has 0 aliphatic heterocycles. The lowest BCUT2D eigenvalue weighted by Crippen LogP contribution is -2.33. The highest BCUT2D eigenvalue weighted by Crippen LogP contribution is 2.27. The molecule has 1 aliphatic carbocycles. The molecule has 1 heterocycles. The van der Waals surface area contributed by atoms with Crippen LogP contribution in [0.1, 0.15) is 36.4 Å². The number of aromatic nitrogens is 1. The number of thioether (sulfide) groups is 1. The topological polar surface area (TPSA) is 24.9 Å². The summed E-state index contributed by atoms with van der Waals surface area (Å²) in [6, 6.07) is 0.715. The van der Waals surface area contributed by atoms with Crippen molar-refractivity contribution in [3.8, 4) is 0 Å². The Morgan fingerprint density at radius 2 is 2.19 bits per heavy atom. The van der Waals surface area contributed by atoms with Gasteiger partial charge in [-0.3, -0.25) is 0 Å². The number of nitrogens with zero attached hydrogens (tertiary/aromatic N) is 1. The van der Waals surface area contributed by atoms with E-state index in [9.17, 15) is 0 Å². The molecule has 1 aromatic rings. The summed E-state index contributed by atoms with van der Waals surface area (Å²) in [5.41, 5.74) is 1.15. The number of nitrogens with one attached hydrogen (secondary N) is 1. The van der Waals surface area contributed by atoms with E-state index in [1.807, 2.05) is 11.8 Å². The van der Waals surface area contributed by atoms with E-state index >= 15 is 0 Å². The van der Waals surface area contributed by atoms with Gasteiger partial charge in [0, 0.05) is 28.9 Å². The van der Waals surface area contributed by atoms with Crippen molar-refractivity contribution in [2.45, 2.75) is 50.4 Å². The Labute approximate surface area is 106 Å². The van der Waals surface area contributed by atoms with E-state index in [-0.39, 0.29) is 0 Å². The molecule has 0 unspecified atom stereocenters. The standard InChI is InChI=1S/C12H20N2S2/c1-9-8-16-12(14-9)7-13-10-3-5-11(15-2)6-4-10/h8,10-11,13H,3-7H2,1-2H3. The molecule has 2 rings (SSSR count). The lowest BCUT2D eigenvalue weighted by atomic mass is 9.95. The van der Waals surface area contributed by atoms with Crippen LogP contribution in [0.3, 0.4) is 0 Å². The third-order valence-electron chi connectivity index (χ3n) is 3.22. The number of hydrogen-bond acceptors (Lipinski definition) is 4. The first-order valence-corrected chi connectivity index (χ1v) is 8.12. The predicted octanol–water partition coefficient (Wildman–Crippen LogP) is 3.22. The van der Waals surface area contributed by atoms with Crippen LogP contribution < -0.4 is 5.32 Å². The second-order valence-electron chi connectivity index (χ2n) is 4.47. The number of aryl methyl sites for hydroxylation is 1. The molecule has 1 saturated carbocycles. The molecule has 0 aromatic carbocycles. The molecule has 1 fully saturated rings. The van der Waals surface area contributed by atoms with Crippen molar-refractivity contribution in [1.82, 2.24) is 10.3 Å². The van der Waals surface area contributed by atoms with Crippen LogP contribution in [-0.2, 0) is 6.54 Å². The number of thiazole rings is 1. The van der Waals surface area contributed by atoms with Gasteiger partial charge in [-0.05, 0) is 38.9 Å².